The van der Waals surface area contributed by atoms with Gasteiger partial charge in [-0.25, -0.2) is 0 Å². The number of para-hydroxylation sites is 3. The maximum absolute atomic E-state index is 12.4. The average molecular weight is 380 g/mol. The molecule has 3 aromatic rings. The molecule has 0 spiro atoms. The summed E-state index contributed by atoms with van der Waals surface area (Å²) in [5, 5.41) is 18.1. The summed E-state index contributed by atoms with van der Waals surface area (Å²) in [7, 11) is 0. The molecule has 0 aliphatic heterocycles. The van der Waals surface area contributed by atoms with Crippen molar-refractivity contribution in [1.82, 2.24) is 9.78 Å². The van der Waals surface area contributed by atoms with E-state index >= 15 is 0 Å². The molecule has 1 amide bonds. The molecule has 0 atom stereocenters. The lowest BCUT2D eigenvalue weighted by molar-refractivity contribution is -0.386. The van der Waals surface area contributed by atoms with E-state index in [1.165, 1.54) is 4.68 Å². The number of nitrogens with zero attached hydrogens (tertiary/aromatic N) is 3. The predicted molar refractivity (Wildman–Crippen MR) is 105 cm³/mol. The minimum atomic E-state index is -0.453. The molecule has 8 heteroatoms. The van der Waals surface area contributed by atoms with Gasteiger partial charge in [0, 0.05) is 6.42 Å². The molecule has 0 unspecified atom stereocenters. The summed E-state index contributed by atoms with van der Waals surface area (Å²) >= 11 is 0. The van der Waals surface area contributed by atoms with E-state index in [2.05, 4.69) is 10.4 Å². The molecular weight excluding hydrogens is 360 g/mol. The van der Waals surface area contributed by atoms with E-state index in [0.29, 0.717) is 28.6 Å². The maximum Gasteiger partial charge on any atom is 0.312 e. The third kappa shape index (κ3) is 4.35. The summed E-state index contributed by atoms with van der Waals surface area (Å²) in [5.41, 5.74) is 1.31. The van der Waals surface area contributed by atoms with Gasteiger partial charge in [0.15, 0.2) is 5.75 Å². The van der Waals surface area contributed by atoms with Crippen LogP contribution in [0.5, 0.6) is 11.5 Å². The average Bonchev–Trinajstić information content (AvgIpc) is 2.96. The second-order valence-electron chi connectivity index (χ2n) is 6.21. The molecule has 1 aromatic heterocycles. The summed E-state index contributed by atoms with van der Waals surface area (Å²) in [6.45, 7) is 3.45. The molecule has 0 aliphatic rings. The Labute approximate surface area is 161 Å². The van der Waals surface area contributed by atoms with Gasteiger partial charge in [0.05, 0.1) is 17.2 Å². The molecule has 8 nitrogen and oxygen atoms in total. The normalized spacial score (nSPS) is 10.5. The molecular formula is C20H20N4O4. The molecule has 1 heterocycles. The van der Waals surface area contributed by atoms with Crippen LogP contribution in [0.1, 0.15) is 17.8 Å². The van der Waals surface area contributed by atoms with Crippen LogP contribution in [0.2, 0.25) is 0 Å². The van der Waals surface area contributed by atoms with Crippen molar-refractivity contribution < 1.29 is 14.5 Å². The first-order chi connectivity index (χ1) is 13.5. The topological polar surface area (TPSA) is 99.3 Å². The van der Waals surface area contributed by atoms with Crippen molar-refractivity contribution >= 4 is 17.3 Å². The van der Waals surface area contributed by atoms with Gasteiger partial charge in [-0.1, -0.05) is 30.3 Å². The van der Waals surface area contributed by atoms with E-state index in [0.717, 1.165) is 0 Å². The van der Waals surface area contributed by atoms with Crippen molar-refractivity contribution in [3.63, 3.8) is 0 Å². The molecule has 0 saturated carbocycles. The third-order valence-electron chi connectivity index (χ3n) is 4.21. The Bertz CT molecular complexity index is 999. The highest BCUT2D eigenvalue weighted by molar-refractivity contribution is 5.92. The first-order valence-electron chi connectivity index (χ1n) is 8.76. The Morgan fingerprint density at radius 3 is 2.50 bits per heavy atom. The zero-order valence-corrected chi connectivity index (χ0v) is 15.6. The van der Waals surface area contributed by atoms with Gasteiger partial charge in [-0.15, -0.1) is 0 Å². The molecule has 3 rings (SSSR count). The number of amides is 1. The van der Waals surface area contributed by atoms with Crippen LogP contribution >= 0.6 is 0 Å². The van der Waals surface area contributed by atoms with Crippen LogP contribution in [0.25, 0.3) is 0 Å². The van der Waals surface area contributed by atoms with Crippen LogP contribution in [0.3, 0.4) is 0 Å². The van der Waals surface area contributed by atoms with E-state index in [1.807, 2.05) is 36.4 Å². The van der Waals surface area contributed by atoms with Gasteiger partial charge in [0.1, 0.15) is 17.1 Å². The fourth-order valence-electron chi connectivity index (χ4n) is 2.86. The fourth-order valence-corrected chi connectivity index (χ4v) is 2.86. The molecule has 0 bridgehead atoms. The summed E-state index contributed by atoms with van der Waals surface area (Å²) < 4.78 is 7.32. The number of benzene rings is 2. The molecule has 1 N–H and O–H groups in total. The first kappa shape index (κ1) is 19.1. The van der Waals surface area contributed by atoms with Crippen molar-refractivity contribution in [3.05, 3.63) is 76.1 Å². The van der Waals surface area contributed by atoms with Gasteiger partial charge in [0.2, 0.25) is 5.91 Å². The minimum absolute atomic E-state index is 0.0120. The fraction of sp³-hybridized carbons (Fsp3) is 0.200. The second kappa shape index (κ2) is 8.34. The Balaban J connectivity index is 1.66. The van der Waals surface area contributed by atoms with E-state index in [-0.39, 0.29) is 24.6 Å². The first-order valence-corrected chi connectivity index (χ1v) is 8.76. The Morgan fingerprint density at radius 2 is 1.82 bits per heavy atom. The summed E-state index contributed by atoms with van der Waals surface area (Å²) in [6.07, 6.45) is 0.124. The van der Waals surface area contributed by atoms with Gasteiger partial charge in [-0.3, -0.25) is 19.6 Å². The van der Waals surface area contributed by atoms with Gasteiger partial charge >= 0.3 is 5.69 Å². The maximum atomic E-state index is 12.4. The van der Waals surface area contributed by atoms with Gasteiger partial charge < -0.3 is 10.1 Å². The number of hydrogen-bond donors (Lipinski definition) is 1. The summed E-state index contributed by atoms with van der Waals surface area (Å²) in [5.74, 6) is 0.960. The number of nitrogens with one attached hydrogen (secondary N) is 1. The predicted octanol–water partition coefficient (Wildman–Crippen LogP) is 4.23. The van der Waals surface area contributed by atoms with Crippen molar-refractivity contribution in [2.45, 2.75) is 26.8 Å². The van der Waals surface area contributed by atoms with Crippen LogP contribution in [0.4, 0.5) is 11.4 Å². The molecule has 0 aliphatic carbocycles. The minimum Gasteiger partial charge on any atom is -0.455 e. The van der Waals surface area contributed by atoms with E-state index in [4.69, 9.17) is 4.74 Å². The second-order valence-corrected chi connectivity index (χ2v) is 6.21. The molecule has 0 fully saturated rings. The highest BCUT2D eigenvalue weighted by Crippen LogP contribution is 2.29. The van der Waals surface area contributed by atoms with Crippen LogP contribution < -0.4 is 10.1 Å². The monoisotopic (exact) mass is 380 g/mol. The standard InChI is InChI=1S/C20H20N4O4/c1-14-20(24(26)27)15(2)23(22-14)13-12-19(25)21-17-10-6-7-11-18(17)28-16-8-4-3-5-9-16/h3-11H,12-13H2,1-2H3,(H,21,25). The number of carbonyl (C=O) groups is 1. The Kier molecular flexibility index (Phi) is 5.69. The number of aromatic nitrogens is 2. The smallest absolute Gasteiger partial charge is 0.312 e. The molecule has 0 radical (unpaired) electrons. The van der Waals surface area contributed by atoms with Gasteiger partial charge in [-0.05, 0) is 38.1 Å². The molecule has 2 aromatic carbocycles. The number of anilines is 1. The van der Waals surface area contributed by atoms with Crippen molar-refractivity contribution in [2.24, 2.45) is 0 Å². The highest BCUT2D eigenvalue weighted by atomic mass is 16.6. The quantitative estimate of drug-likeness (QED) is 0.488. The SMILES string of the molecule is Cc1nn(CCC(=O)Nc2ccccc2Oc2ccccc2)c(C)c1[N+](=O)[O-]. The number of ether oxygens (including phenoxy) is 1. The zero-order chi connectivity index (χ0) is 20.1. The Hall–Kier alpha value is -3.68. The number of hydrogen-bond acceptors (Lipinski definition) is 5. The molecule has 0 saturated heterocycles. The van der Waals surface area contributed by atoms with Crippen LogP contribution in [0, 0.1) is 24.0 Å². The molecule has 144 valence electrons. The highest BCUT2D eigenvalue weighted by Gasteiger charge is 2.22. The van der Waals surface area contributed by atoms with E-state index in [1.54, 1.807) is 32.0 Å². The number of nitro groups is 1. The van der Waals surface area contributed by atoms with Gasteiger partial charge in [0.25, 0.3) is 0 Å². The lowest BCUT2D eigenvalue weighted by Gasteiger charge is -2.12. The van der Waals surface area contributed by atoms with Crippen molar-refractivity contribution in [1.29, 1.82) is 0 Å². The van der Waals surface area contributed by atoms with E-state index < -0.39 is 4.92 Å². The third-order valence-corrected chi connectivity index (χ3v) is 4.21. The summed E-state index contributed by atoms with van der Waals surface area (Å²) in [6, 6.07) is 16.4. The van der Waals surface area contributed by atoms with Crippen LogP contribution in [-0.2, 0) is 11.3 Å². The number of rotatable bonds is 7. The largest absolute Gasteiger partial charge is 0.455 e. The number of carbonyl (C=O) groups excluding carboxylic acids is 1. The Morgan fingerprint density at radius 1 is 1.14 bits per heavy atom. The molecule has 28 heavy (non-hydrogen) atoms. The van der Waals surface area contributed by atoms with E-state index in [9.17, 15) is 14.9 Å². The summed E-state index contributed by atoms with van der Waals surface area (Å²) in [4.78, 5) is 23.0. The lowest BCUT2D eigenvalue weighted by atomic mass is 10.2. The van der Waals surface area contributed by atoms with Crippen molar-refractivity contribution in [2.75, 3.05) is 5.32 Å². The van der Waals surface area contributed by atoms with Gasteiger partial charge in [-0.2, -0.15) is 5.10 Å². The van der Waals surface area contributed by atoms with Crippen molar-refractivity contribution in [3.8, 4) is 11.5 Å². The number of aryl methyl sites for hydroxylation is 2. The van der Waals surface area contributed by atoms with Crippen LogP contribution in [-0.4, -0.2) is 20.6 Å². The zero-order valence-electron chi connectivity index (χ0n) is 15.6. The van der Waals surface area contributed by atoms with Crippen LogP contribution in [0.15, 0.2) is 54.6 Å². The lowest BCUT2D eigenvalue weighted by Crippen LogP contribution is -2.16.